The van der Waals surface area contributed by atoms with E-state index >= 15 is 0 Å². The fraction of sp³-hybridized carbons (Fsp3) is 0.333. The molecule has 0 N–H and O–H groups in total. The van der Waals surface area contributed by atoms with Gasteiger partial charge in [-0.1, -0.05) is 60.2 Å². The lowest BCUT2D eigenvalue weighted by atomic mass is 9.98. The maximum Gasteiger partial charge on any atom is 0.0711 e. The second-order valence-corrected chi connectivity index (χ2v) is 6.09. The Kier molecular flexibility index (Phi) is 5.57. The molecule has 0 aromatic heterocycles. The largest absolute Gasteiger partial charge is 0.376 e. The number of hydrogen-bond acceptors (Lipinski definition) is 1. The van der Waals surface area contributed by atoms with Crippen molar-refractivity contribution in [1.82, 2.24) is 0 Å². The third-order valence-electron chi connectivity index (χ3n) is 4.67. The van der Waals surface area contributed by atoms with Crippen LogP contribution in [0.2, 0.25) is 0 Å². The highest BCUT2D eigenvalue weighted by atomic mass is 16.5. The van der Waals surface area contributed by atoms with E-state index in [1.807, 2.05) is 24.3 Å². The van der Waals surface area contributed by atoms with Crippen LogP contribution in [0, 0.1) is 5.92 Å². The maximum atomic E-state index is 5.89. The molecule has 0 saturated carbocycles. The Balaban J connectivity index is 1.82. The summed E-state index contributed by atoms with van der Waals surface area (Å²) in [4.78, 5) is 0. The lowest BCUT2D eigenvalue weighted by Gasteiger charge is -2.15. The van der Waals surface area contributed by atoms with E-state index in [2.05, 4.69) is 52.5 Å². The molecule has 0 fully saturated rings. The number of ether oxygens (including phenoxy) is 1. The molecule has 1 aromatic rings. The first-order chi connectivity index (χ1) is 10.5. The van der Waals surface area contributed by atoms with Crippen LogP contribution >= 0.6 is 0 Å². The molecule has 0 unspecified atom stereocenters. The molecule has 0 aliphatic heterocycles. The van der Waals surface area contributed by atoms with E-state index in [-0.39, 0.29) is 0 Å². The van der Waals surface area contributed by atoms with Crippen molar-refractivity contribution in [3.8, 4) is 0 Å². The van der Waals surface area contributed by atoms with Crippen molar-refractivity contribution in [2.45, 2.75) is 27.7 Å². The van der Waals surface area contributed by atoms with Gasteiger partial charge in [0, 0.05) is 5.92 Å². The van der Waals surface area contributed by atoms with Gasteiger partial charge in [0.05, 0.1) is 13.2 Å². The minimum atomic E-state index is 0.436. The van der Waals surface area contributed by atoms with Crippen molar-refractivity contribution < 1.29 is 4.74 Å². The molecular formula is C21H26O. The molecule has 1 heteroatoms. The SMILES string of the molecule is C=C(/C=C/c1ccccc1)COCC1C(C)=C(C)C(C)=C1C. The number of allylic oxidation sites excluding steroid dienone is 2. The van der Waals surface area contributed by atoms with Crippen molar-refractivity contribution in [3.05, 3.63) is 76.4 Å². The van der Waals surface area contributed by atoms with Crippen LogP contribution in [0.5, 0.6) is 0 Å². The van der Waals surface area contributed by atoms with E-state index in [9.17, 15) is 0 Å². The van der Waals surface area contributed by atoms with E-state index < -0.39 is 0 Å². The van der Waals surface area contributed by atoms with Gasteiger partial charge in [0.25, 0.3) is 0 Å². The standard InChI is InChI=1S/C21H26O/c1-15(11-12-20-9-7-6-8-10-20)13-22-14-21-18(4)16(2)17(3)19(21)5/h6-12,21H,1,13-14H2,2-5H3/b12-11+. The van der Waals surface area contributed by atoms with Crippen LogP contribution in [-0.4, -0.2) is 13.2 Å². The molecule has 22 heavy (non-hydrogen) atoms. The summed E-state index contributed by atoms with van der Waals surface area (Å²) >= 11 is 0. The predicted molar refractivity (Wildman–Crippen MR) is 95.7 cm³/mol. The topological polar surface area (TPSA) is 9.23 Å². The van der Waals surface area contributed by atoms with Gasteiger partial charge in [-0.05, 0) is 50.0 Å². The Hall–Kier alpha value is -1.86. The molecule has 1 aliphatic carbocycles. The number of hydrogen-bond donors (Lipinski definition) is 0. The zero-order valence-electron chi connectivity index (χ0n) is 14.1. The predicted octanol–water partition coefficient (Wildman–Crippen LogP) is 5.58. The summed E-state index contributed by atoms with van der Waals surface area (Å²) in [7, 11) is 0. The van der Waals surface area contributed by atoms with E-state index in [1.54, 1.807) is 0 Å². The van der Waals surface area contributed by atoms with E-state index in [0.717, 1.165) is 12.2 Å². The molecule has 0 spiro atoms. The smallest absolute Gasteiger partial charge is 0.0711 e. The van der Waals surface area contributed by atoms with Gasteiger partial charge in [-0.2, -0.15) is 0 Å². The highest BCUT2D eigenvalue weighted by molar-refractivity contribution is 5.52. The van der Waals surface area contributed by atoms with Gasteiger partial charge in [-0.3, -0.25) is 0 Å². The van der Waals surface area contributed by atoms with Crippen molar-refractivity contribution in [3.63, 3.8) is 0 Å². The van der Waals surface area contributed by atoms with Crippen LogP contribution in [0.15, 0.2) is 70.9 Å². The Bertz CT molecular complexity index is 605. The van der Waals surface area contributed by atoms with Crippen LogP contribution in [0.4, 0.5) is 0 Å². The third kappa shape index (κ3) is 3.86. The molecule has 1 aromatic carbocycles. The molecule has 1 aliphatic rings. The van der Waals surface area contributed by atoms with Gasteiger partial charge < -0.3 is 4.74 Å². The maximum absolute atomic E-state index is 5.89. The minimum absolute atomic E-state index is 0.436. The molecule has 1 nitrogen and oxygen atoms in total. The molecule has 0 heterocycles. The summed E-state index contributed by atoms with van der Waals surface area (Å²) in [6.45, 7) is 14.2. The summed E-state index contributed by atoms with van der Waals surface area (Å²) < 4.78 is 5.89. The van der Waals surface area contributed by atoms with Crippen molar-refractivity contribution in [1.29, 1.82) is 0 Å². The average Bonchev–Trinajstić information content (AvgIpc) is 2.71. The van der Waals surface area contributed by atoms with Crippen molar-refractivity contribution >= 4 is 6.08 Å². The summed E-state index contributed by atoms with van der Waals surface area (Å²) in [5.41, 5.74) is 7.92. The molecule has 116 valence electrons. The van der Waals surface area contributed by atoms with Gasteiger partial charge in [0.2, 0.25) is 0 Å². The fourth-order valence-corrected chi connectivity index (χ4v) is 2.82. The van der Waals surface area contributed by atoms with Crippen LogP contribution < -0.4 is 0 Å². The van der Waals surface area contributed by atoms with E-state index in [0.29, 0.717) is 12.5 Å². The highest BCUT2D eigenvalue weighted by Gasteiger charge is 2.24. The van der Waals surface area contributed by atoms with E-state index in [1.165, 1.54) is 27.9 Å². The average molecular weight is 294 g/mol. The summed E-state index contributed by atoms with van der Waals surface area (Å²) in [6, 6.07) is 10.3. The molecular weight excluding hydrogens is 268 g/mol. The monoisotopic (exact) mass is 294 g/mol. The highest BCUT2D eigenvalue weighted by Crippen LogP contribution is 2.36. The molecule has 0 saturated heterocycles. The van der Waals surface area contributed by atoms with Crippen LogP contribution in [-0.2, 0) is 4.74 Å². The van der Waals surface area contributed by atoms with Crippen LogP contribution in [0.25, 0.3) is 6.08 Å². The number of rotatable bonds is 6. The first-order valence-corrected chi connectivity index (χ1v) is 7.84. The Labute approximate surface area is 134 Å². The minimum Gasteiger partial charge on any atom is -0.376 e. The summed E-state index contributed by atoms with van der Waals surface area (Å²) in [5, 5.41) is 0. The summed E-state index contributed by atoms with van der Waals surface area (Å²) in [6.07, 6.45) is 4.11. The normalized spacial score (nSPS) is 16.2. The zero-order chi connectivity index (χ0) is 16.1. The first-order valence-electron chi connectivity index (χ1n) is 7.84. The second kappa shape index (κ2) is 7.42. The van der Waals surface area contributed by atoms with Crippen molar-refractivity contribution in [2.75, 3.05) is 13.2 Å². The summed E-state index contributed by atoms with van der Waals surface area (Å²) in [5.74, 6) is 0.436. The van der Waals surface area contributed by atoms with E-state index in [4.69, 9.17) is 4.74 Å². The first kappa shape index (κ1) is 16.5. The van der Waals surface area contributed by atoms with Gasteiger partial charge in [-0.25, -0.2) is 0 Å². The van der Waals surface area contributed by atoms with Crippen LogP contribution in [0.3, 0.4) is 0 Å². The molecule has 0 bridgehead atoms. The van der Waals surface area contributed by atoms with Gasteiger partial charge in [0.15, 0.2) is 0 Å². The zero-order valence-corrected chi connectivity index (χ0v) is 14.1. The lowest BCUT2D eigenvalue weighted by molar-refractivity contribution is 0.141. The molecule has 0 atom stereocenters. The molecule has 0 radical (unpaired) electrons. The quantitative estimate of drug-likeness (QED) is 0.623. The van der Waals surface area contributed by atoms with Gasteiger partial charge >= 0.3 is 0 Å². The Morgan fingerprint density at radius 1 is 1.05 bits per heavy atom. The van der Waals surface area contributed by atoms with Gasteiger partial charge in [-0.15, -0.1) is 0 Å². The Morgan fingerprint density at radius 3 is 2.23 bits per heavy atom. The molecule has 0 amide bonds. The second-order valence-electron chi connectivity index (χ2n) is 6.09. The van der Waals surface area contributed by atoms with Crippen LogP contribution in [0.1, 0.15) is 33.3 Å². The fourth-order valence-electron chi connectivity index (χ4n) is 2.82. The molecule has 2 rings (SSSR count). The third-order valence-corrected chi connectivity index (χ3v) is 4.67. The van der Waals surface area contributed by atoms with Gasteiger partial charge in [0.1, 0.15) is 0 Å². The van der Waals surface area contributed by atoms with Crippen molar-refractivity contribution in [2.24, 2.45) is 5.92 Å². The Morgan fingerprint density at radius 2 is 1.64 bits per heavy atom. The number of benzene rings is 1. The lowest BCUT2D eigenvalue weighted by Crippen LogP contribution is -2.11.